The minimum atomic E-state index is 0.464. The number of nitrogens with one attached hydrogen (secondary N) is 1. The molecule has 0 saturated heterocycles. The quantitative estimate of drug-likeness (QED) is 0.626. The van der Waals surface area contributed by atoms with E-state index in [1.165, 1.54) is 0 Å². The summed E-state index contributed by atoms with van der Waals surface area (Å²) >= 11 is 12.2. The molecule has 3 nitrogen and oxygen atoms in total. The molecule has 0 bridgehead atoms. The van der Waals surface area contributed by atoms with Crippen LogP contribution in [0.25, 0.3) is 0 Å². The molecule has 2 aromatic rings. The second kappa shape index (κ2) is 7.91. The smallest absolute Gasteiger partial charge is 0.128 e. The molecule has 0 spiro atoms. The molecule has 0 fully saturated rings. The van der Waals surface area contributed by atoms with Gasteiger partial charge in [0.2, 0.25) is 0 Å². The van der Waals surface area contributed by atoms with Gasteiger partial charge in [-0.3, -0.25) is 0 Å². The Hall–Kier alpha value is -1.71. The lowest BCUT2D eigenvalue weighted by Crippen LogP contribution is -2.07. The summed E-state index contributed by atoms with van der Waals surface area (Å²) < 4.78 is 5.53. The van der Waals surface area contributed by atoms with Gasteiger partial charge in [0.1, 0.15) is 5.75 Å². The first-order valence-electron chi connectivity index (χ1n) is 6.63. The normalized spacial score (nSPS) is 10.8. The monoisotopic (exact) mass is 322 g/mol. The zero-order chi connectivity index (χ0) is 15.1. The van der Waals surface area contributed by atoms with Crippen molar-refractivity contribution in [2.75, 3.05) is 6.61 Å². The maximum atomic E-state index is 6.10. The average molecular weight is 323 g/mol. The van der Waals surface area contributed by atoms with Gasteiger partial charge in [-0.15, -0.1) is 0 Å². The van der Waals surface area contributed by atoms with Crippen LogP contribution in [-0.4, -0.2) is 12.8 Å². The number of hydrogen-bond acceptors (Lipinski definition) is 3. The van der Waals surface area contributed by atoms with Crippen molar-refractivity contribution in [1.29, 1.82) is 0 Å². The Morgan fingerprint density at radius 3 is 2.52 bits per heavy atom. The highest BCUT2D eigenvalue weighted by molar-refractivity contribution is 6.35. The predicted octanol–water partition coefficient (Wildman–Crippen LogP) is 4.52. The molecule has 0 aliphatic carbocycles. The van der Waals surface area contributed by atoms with Crippen molar-refractivity contribution in [2.24, 2.45) is 5.10 Å². The van der Waals surface area contributed by atoms with E-state index in [0.717, 1.165) is 16.9 Å². The van der Waals surface area contributed by atoms with Crippen molar-refractivity contribution >= 4 is 29.4 Å². The Morgan fingerprint density at radius 1 is 1.10 bits per heavy atom. The second-order valence-electron chi connectivity index (χ2n) is 4.26. The molecule has 2 rings (SSSR count). The van der Waals surface area contributed by atoms with Gasteiger partial charge < -0.3 is 10.2 Å². The van der Waals surface area contributed by atoms with Gasteiger partial charge in [0.15, 0.2) is 0 Å². The molecule has 0 aromatic heterocycles. The van der Waals surface area contributed by atoms with Crippen LogP contribution in [0.1, 0.15) is 18.1 Å². The van der Waals surface area contributed by atoms with Gasteiger partial charge in [0.05, 0.1) is 19.4 Å². The molecule has 0 radical (unpaired) electrons. The maximum absolute atomic E-state index is 6.10. The van der Waals surface area contributed by atoms with Crippen LogP contribution in [0.3, 0.4) is 0 Å². The third kappa shape index (κ3) is 4.38. The number of nitrogens with zero attached hydrogens (tertiary/aromatic N) is 1. The number of hydrazone groups is 1. The Labute approximate surface area is 134 Å². The van der Waals surface area contributed by atoms with Crippen molar-refractivity contribution in [3.8, 4) is 5.75 Å². The number of halogens is 2. The lowest BCUT2D eigenvalue weighted by molar-refractivity contribution is 0.340. The summed E-state index contributed by atoms with van der Waals surface area (Å²) in [7, 11) is 0. The summed E-state index contributed by atoms with van der Waals surface area (Å²) in [6, 6.07) is 13.1. The molecule has 0 aliphatic rings. The molecule has 0 aliphatic heterocycles. The van der Waals surface area contributed by atoms with E-state index in [1.54, 1.807) is 18.3 Å². The SMILES string of the molecule is CCOc1ccccc1/C=N\NCc1c(Cl)cccc1Cl. The summed E-state index contributed by atoms with van der Waals surface area (Å²) in [6.07, 6.45) is 1.72. The molecule has 5 heteroatoms. The zero-order valence-corrected chi connectivity index (χ0v) is 13.2. The highest BCUT2D eigenvalue weighted by Crippen LogP contribution is 2.23. The topological polar surface area (TPSA) is 33.6 Å². The van der Waals surface area contributed by atoms with Gasteiger partial charge >= 0.3 is 0 Å². The molecule has 0 unspecified atom stereocenters. The zero-order valence-electron chi connectivity index (χ0n) is 11.6. The minimum absolute atomic E-state index is 0.464. The summed E-state index contributed by atoms with van der Waals surface area (Å²) in [5.74, 6) is 0.807. The van der Waals surface area contributed by atoms with Crippen LogP contribution in [0.5, 0.6) is 5.75 Å². The first kappa shape index (κ1) is 15.7. The Balaban J connectivity index is 2.00. The summed E-state index contributed by atoms with van der Waals surface area (Å²) in [5, 5.41) is 5.44. The van der Waals surface area contributed by atoms with Gasteiger partial charge in [-0.25, -0.2) is 0 Å². The molecule has 0 saturated carbocycles. The van der Waals surface area contributed by atoms with E-state index in [4.69, 9.17) is 27.9 Å². The first-order chi connectivity index (χ1) is 10.2. The molecule has 21 heavy (non-hydrogen) atoms. The van der Waals surface area contributed by atoms with Crippen LogP contribution < -0.4 is 10.2 Å². The molecule has 1 N–H and O–H groups in total. The van der Waals surface area contributed by atoms with E-state index in [9.17, 15) is 0 Å². The number of benzene rings is 2. The fourth-order valence-corrected chi connectivity index (χ4v) is 2.35. The van der Waals surface area contributed by atoms with E-state index >= 15 is 0 Å². The van der Waals surface area contributed by atoms with Crippen LogP contribution in [0.4, 0.5) is 0 Å². The minimum Gasteiger partial charge on any atom is -0.493 e. The highest BCUT2D eigenvalue weighted by atomic mass is 35.5. The highest BCUT2D eigenvalue weighted by Gasteiger charge is 2.04. The van der Waals surface area contributed by atoms with Crippen molar-refractivity contribution in [1.82, 2.24) is 5.43 Å². The molecule has 0 amide bonds. The van der Waals surface area contributed by atoms with E-state index in [1.807, 2.05) is 37.3 Å². The lowest BCUT2D eigenvalue weighted by Gasteiger charge is -2.07. The van der Waals surface area contributed by atoms with Crippen LogP contribution in [0.2, 0.25) is 10.0 Å². The third-order valence-electron chi connectivity index (χ3n) is 2.83. The maximum Gasteiger partial charge on any atom is 0.128 e. The van der Waals surface area contributed by atoms with Crippen molar-refractivity contribution in [3.63, 3.8) is 0 Å². The number of ether oxygens (including phenoxy) is 1. The van der Waals surface area contributed by atoms with Gasteiger partial charge in [-0.2, -0.15) is 5.10 Å². The predicted molar refractivity (Wildman–Crippen MR) is 88.5 cm³/mol. The summed E-state index contributed by atoms with van der Waals surface area (Å²) in [5.41, 5.74) is 4.69. The van der Waals surface area contributed by atoms with Crippen molar-refractivity contribution in [2.45, 2.75) is 13.5 Å². The van der Waals surface area contributed by atoms with E-state index in [2.05, 4.69) is 10.5 Å². The Bertz CT molecular complexity index is 609. The van der Waals surface area contributed by atoms with Crippen molar-refractivity contribution in [3.05, 3.63) is 63.6 Å². The molecule has 0 atom stereocenters. The molecular formula is C16H16Cl2N2O. The van der Waals surface area contributed by atoms with Crippen molar-refractivity contribution < 1.29 is 4.74 Å². The van der Waals surface area contributed by atoms with Crippen LogP contribution in [-0.2, 0) is 6.54 Å². The molecule has 2 aromatic carbocycles. The first-order valence-corrected chi connectivity index (χ1v) is 7.38. The van der Waals surface area contributed by atoms with E-state index in [-0.39, 0.29) is 0 Å². The number of rotatable bonds is 6. The van der Waals surface area contributed by atoms with Crippen LogP contribution >= 0.6 is 23.2 Å². The summed E-state index contributed by atoms with van der Waals surface area (Å²) in [6.45, 7) is 3.03. The van der Waals surface area contributed by atoms with Gasteiger partial charge in [0, 0.05) is 21.2 Å². The fraction of sp³-hybridized carbons (Fsp3) is 0.188. The van der Waals surface area contributed by atoms with Crippen LogP contribution in [0.15, 0.2) is 47.6 Å². The third-order valence-corrected chi connectivity index (χ3v) is 3.54. The van der Waals surface area contributed by atoms with Crippen LogP contribution in [0, 0.1) is 0 Å². The molecule has 0 heterocycles. The van der Waals surface area contributed by atoms with Gasteiger partial charge in [-0.05, 0) is 31.2 Å². The molecular weight excluding hydrogens is 307 g/mol. The van der Waals surface area contributed by atoms with E-state index in [0.29, 0.717) is 23.2 Å². The second-order valence-corrected chi connectivity index (χ2v) is 5.08. The van der Waals surface area contributed by atoms with Gasteiger partial charge in [0.25, 0.3) is 0 Å². The standard InChI is InChI=1S/C16H16Cl2N2O/c1-2-21-16-9-4-3-6-12(16)10-19-20-11-13-14(17)7-5-8-15(13)18/h3-10,20H,2,11H2,1H3/b19-10-. The molecule has 110 valence electrons. The van der Waals surface area contributed by atoms with Gasteiger partial charge in [-0.1, -0.05) is 41.4 Å². The Kier molecular flexibility index (Phi) is 5.90. The Morgan fingerprint density at radius 2 is 1.81 bits per heavy atom. The lowest BCUT2D eigenvalue weighted by atomic mass is 10.2. The average Bonchev–Trinajstić information content (AvgIpc) is 2.48. The fourth-order valence-electron chi connectivity index (χ4n) is 1.82. The number of hydrogen-bond donors (Lipinski definition) is 1. The van der Waals surface area contributed by atoms with E-state index < -0.39 is 0 Å². The largest absolute Gasteiger partial charge is 0.493 e. The number of para-hydroxylation sites is 1. The summed E-state index contributed by atoms with van der Waals surface area (Å²) in [4.78, 5) is 0.